The standard InChI is InChI=1S/C19H22ClN2O2S/c20-16-5-3-6-17(12-16)24-11-2-1-4-15-7-9-22(10-8-15)19(23)18-13-25-14-21-18/h3,6,12-15H,1-2,4,7-11H2. The summed E-state index contributed by atoms with van der Waals surface area (Å²) in [5.74, 6) is 1.59. The van der Waals surface area contributed by atoms with Gasteiger partial charge in [0.2, 0.25) is 0 Å². The van der Waals surface area contributed by atoms with Gasteiger partial charge in [-0.3, -0.25) is 4.79 Å². The largest absolute Gasteiger partial charge is 0.494 e. The van der Waals surface area contributed by atoms with Gasteiger partial charge in [0, 0.05) is 24.5 Å². The molecule has 0 spiro atoms. The Morgan fingerprint density at radius 1 is 1.40 bits per heavy atom. The van der Waals surface area contributed by atoms with E-state index in [2.05, 4.69) is 11.1 Å². The van der Waals surface area contributed by atoms with Gasteiger partial charge in [-0.1, -0.05) is 18.0 Å². The number of rotatable bonds is 7. The van der Waals surface area contributed by atoms with Gasteiger partial charge in [0.05, 0.1) is 17.1 Å². The topological polar surface area (TPSA) is 42.4 Å². The minimum absolute atomic E-state index is 0.0758. The maximum absolute atomic E-state index is 12.3. The Morgan fingerprint density at radius 2 is 2.24 bits per heavy atom. The maximum Gasteiger partial charge on any atom is 0.273 e. The Bertz CT molecular complexity index is 670. The number of nitrogens with zero attached hydrogens (tertiary/aromatic N) is 2. The predicted molar refractivity (Wildman–Crippen MR) is 100 cm³/mol. The van der Waals surface area contributed by atoms with Crippen molar-refractivity contribution in [1.29, 1.82) is 0 Å². The van der Waals surface area contributed by atoms with E-state index < -0.39 is 0 Å². The van der Waals surface area contributed by atoms with E-state index in [9.17, 15) is 4.79 Å². The molecule has 2 heterocycles. The Labute approximate surface area is 157 Å². The first-order valence-corrected chi connectivity index (χ1v) is 10.0. The van der Waals surface area contributed by atoms with Gasteiger partial charge < -0.3 is 9.64 Å². The molecule has 1 aromatic heterocycles. The molecule has 3 rings (SSSR count). The van der Waals surface area contributed by atoms with E-state index in [4.69, 9.17) is 16.3 Å². The zero-order valence-corrected chi connectivity index (χ0v) is 15.7. The number of ether oxygens (including phenoxy) is 1. The zero-order chi connectivity index (χ0) is 17.5. The van der Waals surface area contributed by atoms with Gasteiger partial charge >= 0.3 is 0 Å². The molecule has 1 amide bonds. The molecule has 0 N–H and O–H groups in total. The third-order valence-corrected chi connectivity index (χ3v) is 5.37. The predicted octanol–water partition coefficient (Wildman–Crippen LogP) is 4.70. The summed E-state index contributed by atoms with van der Waals surface area (Å²) in [6, 6.07) is 8.33. The maximum atomic E-state index is 12.3. The van der Waals surface area contributed by atoms with Crippen molar-refractivity contribution in [2.45, 2.75) is 32.1 Å². The van der Waals surface area contributed by atoms with Gasteiger partial charge in [0.1, 0.15) is 11.4 Å². The first-order chi connectivity index (χ1) is 12.2. The van der Waals surface area contributed by atoms with E-state index in [1.54, 1.807) is 17.6 Å². The average molecular weight is 378 g/mol. The van der Waals surface area contributed by atoms with Crippen molar-refractivity contribution in [3.63, 3.8) is 0 Å². The van der Waals surface area contributed by atoms with Crippen LogP contribution in [0.4, 0.5) is 0 Å². The van der Waals surface area contributed by atoms with Crippen LogP contribution in [0.5, 0.6) is 5.75 Å². The van der Waals surface area contributed by atoms with Gasteiger partial charge in [0.15, 0.2) is 0 Å². The molecule has 1 fully saturated rings. The van der Waals surface area contributed by atoms with Crippen molar-refractivity contribution < 1.29 is 9.53 Å². The molecular weight excluding hydrogens is 356 g/mol. The molecule has 0 aliphatic carbocycles. The van der Waals surface area contributed by atoms with E-state index in [-0.39, 0.29) is 5.91 Å². The summed E-state index contributed by atoms with van der Waals surface area (Å²) in [4.78, 5) is 18.3. The van der Waals surface area contributed by atoms with Crippen LogP contribution < -0.4 is 4.74 Å². The second-order valence-corrected chi connectivity index (χ2v) is 7.45. The van der Waals surface area contributed by atoms with Crippen LogP contribution in [-0.4, -0.2) is 35.5 Å². The third kappa shape index (κ3) is 5.44. The SMILES string of the molecule is O=C(c1cscn1)N1CCC(CCCCOc2cc[c]c(Cl)c2)CC1. The van der Waals surface area contributed by atoms with Crippen LogP contribution in [-0.2, 0) is 0 Å². The molecule has 0 bridgehead atoms. The molecule has 4 nitrogen and oxygen atoms in total. The summed E-state index contributed by atoms with van der Waals surface area (Å²) in [7, 11) is 0. The monoisotopic (exact) mass is 377 g/mol. The lowest BCUT2D eigenvalue weighted by Gasteiger charge is -2.31. The summed E-state index contributed by atoms with van der Waals surface area (Å²) in [6.45, 7) is 2.40. The number of hydrogen-bond donors (Lipinski definition) is 0. The smallest absolute Gasteiger partial charge is 0.273 e. The van der Waals surface area contributed by atoms with Crippen molar-refractivity contribution in [2.75, 3.05) is 19.7 Å². The highest BCUT2D eigenvalue weighted by Crippen LogP contribution is 2.24. The number of aromatic nitrogens is 1. The van der Waals surface area contributed by atoms with Crippen molar-refractivity contribution in [2.24, 2.45) is 5.92 Å². The van der Waals surface area contributed by atoms with Gasteiger partial charge in [-0.15, -0.1) is 11.3 Å². The lowest BCUT2D eigenvalue weighted by Crippen LogP contribution is -2.38. The van der Waals surface area contributed by atoms with E-state index in [0.717, 1.165) is 44.5 Å². The second-order valence-electron chi connectivity index (χ2n) is 6.33. The third-order valence-electron chi connectivity index (χ3n) is 4.57. The molecule has 1 aliphatic heterocycles. The minimum Gasteiger partial charge on any atom is -0.494 e. The van der Waals surface area contributed by atoms with Crippen molar-refractivity contribution in [3.8, 4) is 5.75 Å². The zero-order valence-electron chi connectivity index (χ0n) is 14.1. The molecule has 0 saturated carbocycles. The fourth-order valence-corrected chi connectivity index (χ4v) is 3.83. The van der Waals surface area contributed by atoms with Gasteiger partial charge in [0.25, 0.3) is 5.91 Å². The number of carbonyl (C=O) groups is 1. The number of amides is 1. The van der Waals surface area contributed by atoms with Gasteiger partial charge in [-0.05, 0) is 49.8 Å². The molecule has 133 valence electrons. The normalized spacial score (nSPS) is 15.3. The molecule has 2 aromatic rings. The number of halogens is 1. The highest BCUT2D eigenvalue weighted by atomic mass is 35.5. The van der Waals surface area contributed by atoms with Crippen LogP contribution >= 0.6 is 22.9 Å². The summed E-state index contributed by atoms with van der Waals surface area (Å²) in [6.07, 6.45) is 5.55. The number of benzene rings is 1. The van der Waals surface area contributed by atoms with E-state index >= 15 is 0 Å². The molecule has 6 heteroatoms. The molecule has 1 aliphatic rings. The average Bonchev–Trinajstić information content (AvgIpc) is 3.16. The number of likely N-dealkylation sites (tertiary alicyclic amines) is 1. The van der Waals surface area contributed by atoms with Gasteiger partial charge in [-0.25, -0.2) is 4.98 Å². The molecule has 1 aromatic carbocycles. The molecule has 1 radical (unpaired) electrons. The van der Waals surface area contributed by atoms with Crippen molar-refractivity contribution in [3.05, 3.63) is 45.9 Å². The van der Waals surface area contributed by atoms with Crippen LogP contribution in [0.2, 0.25) is 5.02 Å². The van der Waals surface area contributed by atoms with E-state index in [0.29, 0.717) is 23.2 Å². The lowest BCUT2D eigenvalue weighted by atomic mass is 9.91. The summed E-state index contributed by atoms with van der Waals surface area (Å²) >= 11 is 7.35. The van der Waals surface area contributed by atoms with E-state index in [1.165, 1.54) is 17.8 Å². The summed E-state index contributed by atoms with van der Waals surface area (Å²) < 4.78 is 5.70. The number of hydrogen-bond acceptors (Lipinski definition) is 4. The Balaban J connectivity index is 1.30. The lowest BCUT2D eigenvalue weighted by molar-refractivity contribution is 0.0680. The Hall–Kier alpha value is -1.59. The van der Waals surface area contributed by atoms with E-state index in [1.807, 2.05) is 16.3 Å². The van der Waals surface area contributed by atoms with Crippen LogP contribution in [0, 0.1) is 12.0 Å². The first kappa shape index (κ1) is 18.2. The molecule has 0 unspecified atom stereocenters. The number of unbranched alkanes of at least 4 members (excludes halogenated alkanes) is 1. The number of thiazole rings is 1. The second kappa shape index (κ2) is 9.20. The molecular formula is C19H22ClN2O2S. The van der Waals surface area contributed by atoms with Crippen LogP contribution in [0.15, 0.2) is 29.1 Å². The van der Waals surface area contributed by atoms with Crippen LogP contribution in [0.1, 0.15) is 42.6 Å². The first-order valence-electron chi connectivity index (χ1n) is 8.70. The van der Waals surface area contributed by atoms with Crippen molar-refractivity contribution in [1.82, 2.24) is 9.88 Å². The highest BCUT2D eigenvalue weighted by Gasteiger charge is 2.24. The number of piperidine rings is 1. The fraction of sp³-hybridized carbons (Fsp3) is 0.474. The molecule has 0 atom stereocenters. The fourth-order valence-electron chi connectivity index (χ4n) is 3.14. The van der Waals surface area contributed by atoms with Crippen molar-refractivity contribution >= 4 is 28.8 Å². The summed E-state index contributed by atoms with van der Waals surface area (Å²) in [5, 5.41) is 2.41. The summed E-state index contributed by atoms with van der Waals surface area (Å²) in [5.41, 5.74) is 2.29. The highest BCUT2D eigenvalue weighted by molar-refractivity contribution is 7.07. The van der Waals surface area contributed by atoms with Crippen LogP contribution in [0.3, 0.4) is 0 Å². The van der Waals surface area contributed by atoms with Crippen LogP contribution in [0.25, 0.3) is 0 Å². The Morgan fingerprint density at radius 3 is 2.96 bits per heavy atom. The number of carbonyl (C=O) groups excluding carboxylic acids is 1. The molecule has 25 heavy (non-hydrogen) atoms. The quantitative estimate of drug-likeness (QED) is 0.657. The Kier molecular flexibility index (Phi) is 6.70. The minimum atomic E-state index is 0.0758. The molecule has 1 saturated heterocycles. The van der Waals surface area contributed by atoms with Gasteiger partial charge in [-0.2, -0.15) is 0 Å².